The summed E-state index contributed by atoms with van der Waals surface area (Å²) in [5, 5.41) is 1.98. The zero-order valence-electron chi connectivity index (χ0n) is 20.5. The van der Waals surface area contributed by atoms with E-state index in [1.165, 1.54) is 27.6 Å². The van der Waals surface area contributed by atoms with E-state index in [0.717, 1.165) is 43.4 Å². The van der Waals surface area contributed by atoms with Crippen molar-refractivity contribution in [2.75, 3.05) is 31.1 Å². The average Bonchev–Trinajstić information content (AvgIpc) is 3.26. The zero-order valence-corrected chi connectivity index (χ0v) is 21.2. The molecule has 1 aliphatic heterocycles. The maximum absolute atomic E-state index is 13.6. The van der Waals surface area contributed by atoms with E-state index >= 15 is 0 Å². The van der Waals surface area contributed by atoms with Gasteiger partial charge in [-0.2, -0.15) is 0 Å². The molecule has 0 spiro atoms. The Balaban J connectivity index is 1.39. The Kier molecular flexibility index (Phi) is 6.83. The Morgan fingerprint density at radius 3 is 2.40 bits per heavy atom. The zero-order chi connectivity index (χ0) is 24.4. The molecule has 0 saturated carbocycles. The van der Waals surface area contributed by atoms with Crippen molar-refractivity contribution in [2.45, 2.75) is 32.7 Å². The third-order valence-corrected chi connectivity index (χ3v) is 7.43. The molecule has 0 aliphatic carbocycles. The van der Waals surface area contributed by atoms with Crippen molar-refractivity contribution in [1.82, 2.24) is 9.47 Å². The number of hydrogen-bond acceptors (Lipinski definition) is 2. The normalized spacial score (nSPS) is 14.9. The summed E-state index contributed by atoms with van der Waals surface area (Å²) in [6.07, 6.45) is 2.72. The molecule has 1 saturated heterocycles. The van der Waals surface area contributed by atoms with Gasteiger partial charge in [-0.05, 0) is 49.2 Å². The van der Waals surface area contributed by atoms with Gasteiger partial charge in [0.05, 0.1) is 0 Å². The number of hydrogen-bond donors (Lipinski definition) is 0. The second-order valence-electron chi connectivity index (χ2n) is 9.40. The Morgan fingerprint density at radius 1 is 0.943 bits per heavy atom. The molecule has 3 aromatic carbocycles. The summed E-state index contributed by atoms with van der Waals surface area (Å²) < 4.78 is 2.29. The van der Waals surface area contributed by atoms with Gasteiger partial charge in [-0.3, -0.25) is 4.79 Å². The number of nitrogens with zero attached hydrogens (tertiary/aromatic N) is 3. The van der Waals surface area contributed by atoms with E-state index in [1.807, 2.05) is 23.1 Å². The molecule has 0 N–H and O–H groups in total. The van der Waals surface area contributed by atoms with Crippen molar-refractivity contribution in [3.05, 3.63) is 101 Å². The van der Waals surface area contributed by atoms with Crippen LogP contribution in [-0.2, 0) is 11.3 Å². The van der Waals surface area contributed by atoms with Crippen molar-refractivity contribution in [2.24, 2.45) is 0 Å². The number of benzene rings is 3. The van der Waals surface area contributed by atoms with Crippen LogP contribution in [0.25, 0.3) is 10.9 Å². The first-order valence-corrected chi connectivity index (χ1v) is 12.8. The molecule has 2 heterocycles. The molecule has 4 nitrogen and oxygen atoms in total. The fourth-order valence-corrected chi connectivity index (χ4v) is 5.40. The van der Waals surface area contributed by atoms with Gasteiger partial charge in [-0.15, -0.1) is 0 Å². The summed E-state index contributed by atoms with van der Waals surface area (Å²) in [5.74, 6) is 0.237. The molecule has 1 aliphatic rings. The largest absolute Gasteiger partial charge is 0.368 e. The van der Waals surface area contributed by atoms with Gasteiger partial charge in [0, 0.05) is 72.9 Å². The fourth-order valence-electron chi connectivity index (χ4n) is 5.21. The van der Waals surface area contributed by atoms with Gasteiger partial charge < -0.3 is 14.4 Å². The monoisotopic (exact) mass is 485 g/mol. The smallest absolute Gasteiger partial charge is 0.223 e. The number of aromatic nitrogens is 1. The summed E-state index contributed by atoms with van der Waals surface area (Å²) in [5.41, 5.74) is 6.00. The van der Waals surface area contributed by atoms with Crippen molar-refractivity contribution >= 4 is 34.1 Å². The predicted octanol–water partition coefficient (Wildman–Crippen LogP) is 6.49. The molecule has 0 bridgehead atoms. The van der Waals surface area contributed by atoms with Gasteiger partial charge in [0.15, 0.2) is 0 Å². The Bertz CT molecular complexity index is 1320. The number of amides is 1. The summed E-state index contributed by atoms with van der Waals surface area (Å²) in [6.45, 7) is 8.26. The first-order valence-electron chi connectivity index (χ1n) is 12.5. The molecule has 180 valence electrons. The SMILES string of the molecule is CCn1cc([C@H](CC(=O)N2CCN(c3cccc(Cl)c3)CC2)c2ccc(C)cc2)c2ccccc21. The van der Waals surface area contributed by atoms with Crippen LogP contribution in [-0.4, -0.2) is 41.6 Å². The molecule has 1 fully saturated rings. The van der Waals surface area contributed by atoms with Crippen LogP contribution in [0.15, 0.2) is 79.0 Å². The van der Waals surface area contributed by atoms with Crippen molar-refractivity contribution in [3.8, 4) is 0 Å². The Hall–Kier alpha value is -3.24. The lowest BCUT2D eigenvalue weighted by Crippen LogP contribution is -2.49. The van der Waals surface area contributed by atoms with Crippen molar-refractivity contribution in [1.29, 1.82) is 0 Å². The minimum atomic E-state index is 0.0201. The Morgan fingerprint density at radius 2 is 1.69 bits per heavy atom. The molecule has 0 unspecified atom stereocenters. The van der Waals surface area contributed by atoms with Crippen LogP contribution < -0.4 is 4.90 Å². The summed E-state index contributed by atoms with van der Waals surface area (Å²) in [6, 6.07) is 25.2. The van der Waals surface area contributed by atoms with Gasteiger partial charge in [-0.25, -0.2) is 0 Å². The maximum Gasteiger partial charge on any atom is 0.223 e. The predicted molar refractivity (Wildman–Crippen MR) is 145 cm³/mol. The van der Waals surface area contributed by atoms with Gasteiger partial charge in [0.2, 0.25) is 5.91 Å². The highest BCUT2D eigenvalue weighted by Gasteiger charge is 2.27. The van der Waals surface area contributed by atoms with E-state index in [-0.39, 0.29) is 11.8 Å². The van der Waals surface area contributed by atoms with Crippen molar-refractivity contribution in [3.63, 3.8) is 0 Å². The number of aryl methyl sites for hydroxylation is 2. The number of anilines is 1. The van der Waals surface area contributed by atoms with Crippen LogP contribution in [0.3, 0.4) is 0 Å². The highest BCUT2D eigenvalue weighted by molar-refractivity contribution is 6.30. The maximum atomic E-state index is 13.6. The van der Waals surface area contributed by atoms with Gasteiger partial charge in [0.1, 0.15) is 0 Å². The lowest BCUT2D eigenvalue weighted by atomic mass is 9.87. The molecule has 5 heteroatoms. The van der Waals surface area contributed by atoms with Crippen LogP contribution in [0.4, 0.5) is 5.69 Å². The van der Waals surface area contributed by atoms with Gasteiger partial charge >= 0.3 is 0 Å². The number of piperazine rings is 1. The molecule has 1 atom stereocenters. The van der Waals surface area contributed by atoms with E-state index in [0.29, 0.717) is 6.42 Å². The molecule has 1 aromatic heterocycles. The second-order valence-corrected chi connectivity index (χ2v) is 9.84. The Labute approximate surface area is 212 Å². The lowest BCUT2D eigenvalue weighted by molar-refractivity contribution is -0.131. The molecule has 35 heavy (non-hydrogen) atoms. The lowest BCUT2D eigenvalue weighted by Gasteiger charge is -2.36. The van der Waals surface area contributed by atoms with E-state index < -0.39 is 0 Å². The van der Waals surface area contributed by atoms with E-state index in [2.05, 4.69) is 84.1 Å². The van der Waals surface area contributed by atoms with Crippen molar-refractivity contribution < 1.29 is 4.79 Å². The molecular weight excluding hydrogens is 454 g/mol. The van der Waals surface area contributed by atoms with Crippen LogP contribution in [0.2, 0.25) is 5.02 Å². The van der Waals surface area contributed by atoms with E-state index in [4.69, 9.17) is 11.6 Å². The number of rotatable bonds is 6. The highest BCUT2D eigenvalue weighted by atomic mass is 35.5. The average molecular weight is 486 g/mol. The number of carbonyl (C=O) groups excluding carboxylic acids is 1. The van der Waals surface area contributed by atoms with Crippen LogP contribution >= 0.6 is 11.6 Å². The van der Waals surface area contributed by atoms with Crippen LogP contribution in [0, 0.1) is 6.92 Å². The minimum absolute atomic E-state index is 0.0201. The summed E-state index contributed by atoms with van der Waals surface area (Å²) in [4.78, 5) is 17.9. The van der Waals surface area contributed by atoms with Crippen LogP contribution in [0.5, 0.6) is 0 Å². The number of fused-ring (bicyclic) bond motifs is 1. The minimum Gasteiger partial charge on any atom is -0.368 e. The molecule has 1 amide bonds. The number of para-hydroxylation sites is 1. The first kappa shape index (κ1) is 23.5. The topological polar surface area (TPSA) is 28.5 Å². The van der Waals surface area contributed by atoms with E-state index in [9.17, 15) is 4.79 Å². The quantitative estimate of drug-likeness (QED) is 0.312. The van der Waals surface area contributed by atoms with Gasteiger partial charge in [0.25, 0.3) is 0 Å². The molecule has 4 aromatic rings. The molecular formula is C30H32ClN3O. The van der Waals surface area contributed by atoms with Gasteiger partial charge in [-0.1, -0.05) is 65.7 Å². The summed E-state index contributed by atoms with van der Waals surface area (Å²) in [7, 11) is 0. The third kappa shape index (κ3) is 4.94. The van der Waals surface area contributed by atoms with Crippen LogP contribution in [0.1, 0.15) is 36.0 Å². The number of carbonyl (C=O) groups is 1. The third-order valence-electron chi connectivity index (χ3n) is 7.20. The molecule has 0 radical (unpaired) electrons. The highest BCUT2D eigenvalue weighted by Crippen LogP contribution is 2.35. The fraction of sp³-hybridized carbons (Fsp3) is 0.300. The summed E-state index contributed by atoms with van der Waals surface area (Å²) >= 11 is 6.19. The second kappa shape index (κ2) is 10.2. The first-order chi connectivity index (χ1) is 17.0. The van der Waals surface area contributed by atoms with E-state index in [1.54, 1.807) is 0 Å². The number of halogens is 1. The standard InChI is InChI=1S/C30H32ClN3O/c1-3-32-21-28(26-9-4-5-10-29(26)32)27(23-13-11-22(2)12-14-23)20-30(35)34-17-15-33(16-18-34)25-8-6-7-24(31)19-25/h4-14,19,21,27H,3,15-18,20H2,1-2H3/t27-/m1/s1. The molecule has 5 rings (SSSR count).